The zero-order chi connectivity index (χ0) is 21.7. The average molecular weight is 415 g/mol. The number of hydrogen-bond donors (Lipinski definition) is 0. The van der Waals surface area contributed by atoms with Crippen LogP contribution in [0.2, 0.25) is 0 Å². The molecule has 3 rings (SSSR count). The number of benzene rings is 1. The minimum Gasteiger partial charge on any atom is -0.454 e. The molecule has 1 saturated carbocycles. The molecule has 2 aliphatic rings. The van der Waals surface area contributed by atoms with Gasteiger partial charge in [-0.2, -0.15) is 5.26 Å². The van der Waals surface area contributed by atoms with Gasteiger partial charge in [-0.05, 0) is 37.1 Å². The van der Waals surface area contributed by atoms with E-state index in [1.807, 2.05) is 6.07 Å². The Kier molecular flexibility index (Phi) is 6.77. The summed E-state index contributed by atoms with van der Waals surface area (Å²) in [5, 5.41) is 8.80. The van der Waals surface area contributed by atoms with Crippen molar-refractivity contribution in [3.05, 3.63) is 30.1 Å². The number of anilines is 1. The fourth-order valence-electron chi connectivity index (χ4n) is 3.96. The molecule has 2 fully saturated rings. The Balaban J connectivity index is 1.58. The highest BCUT2D eigenvalue weighted by atomic mass is 19.1. The average Bonchev–Trinajstić information content (AvgIpc) is 2.99. The second kappa shape index (κ2) is 9.48. The van der Waals surface area contributed by atoms with Gasteiger partial charge in [-0.25, -0.2) is 4.39 Å². The number of carbonyl (C=O) groups is 4. The molecule has 1 aromatic rings. The summed E-state index contributed by atoms with van der Waals surface area (Å²) in [6.45, 7) is -1.09. The number of nitriles is 1. The number of likely N-dealkylation sites (tertiary alicyclic amines) is 1. The van der Waals surface area contributed by atoms with E-state index >= 15 is 0 Å². The largest absolute Gasteiger partial charge is 0.454 e. The number of amides is 3. The van der Waals surface area contributed by atoms with E-state index in [0.717, 1.165) is 17.7 Å². The van der Waals surface area contributed by atoms with Gasteiger partial charge in [0.05, 0.1) is 24.3 Å². The molecule has 30 heavy (non-hydrogen) atoms. The number of hydrogen-bond acceptors (Lipinski definition) is 6. The molecule has 1 saturated heterocycles. The number of fused-ring (bicyclic) bond motifs is 1. The van der Waals surface area contributed by atoms with Crippen LogP contribution >= 0.6 is 0 Å². The summed E-state index contributed by atoms with van der Waals surface area (Å²) in [7, 11) is 0. The predicted molar refractivity (Wildman–Crippen MR) is 102 cm³/mol. The highest BCUT2D eigenvalue weighted by molar-refractivity contribution is 6.07. The van der Waals surface area contributed by atoms with Gasteiger partial charge in [0.25, 0.3) is 5.91 Å². The number of carbonyl (C=O) groups excluding carboxylic acids is 4. The third kappa shape index (κ3) is 4.64. The van der Waals surface area contributed by atoms with Gasteiger partial charge in [-0.1, -0.05) is 12.8 Å². The summed E-state index contributed by atoms with van der Waals surface area (Å²) in [6, 6.07) is 7.05. The molecular weight excluding hydrogens is 393 g/mol. The smallest absolute Gasteiger partial charge is 0.326 e. The molecule has 8 nitrogen and oxygen atoms in total. The van der Waals surface area contributed by atoms with E-state index in [1.54, 1.807) is 0 Å². The van der Waals surface area contributed by atoms with Crippen LogP contribution < -0.4 is 4.90 Å². The number of imide groups is 1. The first-order valence-corrected chi connectivity index (χ1v) is 9.86. The van der Waals surface area contributed by atoms with Gasteiger partial charge in [0.15, 0.2) is 6.61 Å². The minimum atomic E-state index is -0.858. The molecule has 2 atom stereocenters. The lowest BCUT2D eigenvalue weighted by molar-refractivity contribution is -0.154. The van der Waals surface area contributed by atoms with Crippen LogP contribution in [0, 0.1) is 29.0 Å². The molecular formula is C21H22FN3O5. The molecule has 0 bridgehead atoms. The first kappa shape index (κ1) is 21.4. The Morgan fingerprint density at radius 3 is 2.30 bits per heavy atom. The third-order valence-corrected chi connectivity index (χ3v) is 5.46. The molecule has 0 aromatic heterocycles. The van der Waals surface area contributed by atoms with Crippen molar-refractivity contribution in [2.45, 2.75) is 32.1 Å². The van der Waals surface area contributed by atoms with Crippen LogP contribution in [-0.4, -0.2) is 48.3 Å². The van der Waals surface area contributed by atoms with Crippen LogP contribution in [0.3, 0.4) is 0 Å². The molecule has 1 heterocycles. The van der Waals surface area contributed by atoms with Crippen molar-refractivity contribution in [1.29, 1.82) is 5.26 Å². The number of halogens is 1. The van der Waals surface area contributed by atoms with Gasteiger partial charge in [-0.3, -0.25) is 24.1 Å². The molecule has 0 radical (unpaired) electrons. The van der Waals surface area contributed by atoms with Gasteiger partial charge in [-0.15, -0.1) is 0 Å². The van der Waals surface area contributed by atoms with Crippen molar-refractivity contribution in [3.63, 3.8) is 0 Å². The van der Waals surface area contributed by atoms with Crippen molar-refractivity contribution in [2.24, 2.45) is 11.8 Å². The summed E-state index contributed by atoms with van der Waals surface area (Å²) in [5.41, 5.74) is 0.363. The highest BCUT2D eigenvalue weighted by Crippen LogP contribution is 2.37. The minimum absolute atomic E-state index is 0.0383. The Labute approximate surface area is 173 Å². The first-order valence-electron chi connectivity index (χ1n) is 9.86. The number of esters is 1. The Morgan fingerprint density at radius 2 is 1.73 bits per heavy atom. The van der Waals surface area contributed by atoms with Gasteiger partial charge in [0.1, 0.15) is 12.4 Å². The number of nitrogens with zero attached hydrogens (tertiary/aromatic N) is 3. The monoisotopic (exact) mass is 415 g/mol. The second-order valence-corrected chi connectivity index (χ2v) is 7.35. The van der Waals surface area contributed by atoms with Crippen molar-refractivity contribution in [1.82, 2.24) is 4.90 Å². The van der Waals surface area contributed by atoms with Crippen LogP contribution in [0.4, 0.5) is 10.1 Å². The van der Waals surface area contributed by atoms with Crippen LogP contribution in [-0.2, 0) is 23.9 Å². The van der Waals surface area contributed by atoms with Gasteiger partial charge in [0, 0.05) is 12.2 Å². The quantitative estimate of drug-likeness (QED) is 0.496. The predicted octanol–water partition coefficient (Wildman–Crippen LogP) is 1.79. The zero-order valence-corrected chi connectivity index (χ0v) is 16.4. The maximum atomic E-state index is 13.1. The molecule has 0 spiro atoms. The summed E-state index contributed by atoms with van der Waals surface area (Å²) in [6.07, 6.45) is 3.09. The molecule has 2 unspecified atom stereocenters. The maximum Gasteiger partial charge on any atom is 0.326 e. The van der Waals surface area contributed by atoms with E-state index in [9.17, 15) is 23.6 Å². The van der Waals surface area contributed by atoms with Crippen LogP contribution in [0.5, 0.6) is 0 Å². The molecule has 9 heteroatoms. The summed E-state index contributed by atoms with van der Waals surface area (Å²) in [4.78, 5) is 51.7. The third-order valence-electron chi connectivity index (χ3n) is 5.46. The van der Waals surface area contributed by atoms with E-state index in [2.05, 4.69) is 0 Å². The number of ether oxygens (including phenoxy) is 1. The van der Waals surface area contributed by atoms with E-state index in [-0.39, 0.29) is 36.6 Å². The van der Waals surface area contributed by atoms with E-state index < -0.39 is 30.8 Å². The maximum absolute atomic E-state index is 13.1. The van der Waals surface area contributed by atoms with Crippen LogP contribution in [0.15, 0.2) is 24.3 Å². The standard InChI is InChI=1S/C21H22FN3O5/c22-14-6-8-15(9-7-14)24(11-3-10-23)18(26)13-30-19(27)12-25-20(28)16-4-1-2-5-17(16)21(25)29/h6-9,16-17H,1-5,11-13H2. The topological polar surface area (TPSA) is 108 Å². The summed E-state index contributed by atoms with van der Waals surface area (Å²) in [5.74, 6) is -3.36. The summed E-state index contributed by atoms with van der Waals surface area (Å²) >= 11 is 0. The summed E-state index contributed by atoms with van der Waals surface area (Å²) < 4.78 is 18.1. The number of rotatable bonds is 7. The van der Waals surface area contributed by atoms with Crippen molar-refractivity contribution < 1.29 is 28.3 Å². The lowest BCUT2D eigenvalue weighted by atomic mass is 9.81. The van der Waals surface area contributed by atoms with Crippen molar-refractivity contribution in [3.8, 4) is 6.07 Å². The molecule has 158 valence electrons. The lowest BCUT2D eigenvalue weighted by Gasteiger charge is -2.22. The van der Waals surface area contributed by atoms with E-state index in [4.69, 9.17) is 10.00 Å². The highest BCUT2D eigenvalue weighted by Gasteiger charge is 2.48. The fourth-order valence-corrected chi connectivity index (χ4v) is 3.96. The zero-order valence-electron chi connectivity index (χ0n) is 16.4. The van der Waals surface area contributed by atoms with Gasteiger partial charge < -0.3 is 9.64 Å². The molecule has 0 N–H and O–H groups in total. The normalized spacial score (nSPS) is 20.5. The fraction of sp³-hybridized carbons (Fsp3) is 0.476. The van der Waals surface area contributed by atoms with Crippen molar-refractivity contribution >= 4 is 29.4 Å². The van der Waals surface area contributed by atoms with Gasteiger partial charge >= 0.3 is 5.97 Å². The first-order chi connectivity index (χ1) is 14.4. The molecule has 1 aliphatic heterocycles. The second-order valence-electron chi connectivity index (χ2n) is 7.35. The van der Waals surface area contributed by atoms with Crippen LogP contribution in [0.25, 0.3) is 0 Å². The van der Waals surface area contributed by atoms with Gasteiger partial charge in [0.2, 0.25) is 11.8 Å². The molecule has 1 aromatic carbocycles. The molecule has 3 amide bonds. The Hall–Kier alpha value is -3.28. The van der Waals surface area contributed by atoms with Crippen LogP contribution in [0.1, 0.15) is 32.1 Å². The van der Waals surface area contributed by atoms with E-state index in [1.165, 1.54) is 29.2 Å². The SMILES string of the molecule is N#CCCN(C(=O)COC(=O)CN1C(=O)C2CCCCC2C1=O)c1ccc(F)cc1. The van der Waals surface area contributed by atoms with Crippen molar-refractivity contribution in [2.75, 3.05) is 24.6 Å². The Morgan fingerprint density at radius 1 is 1.13 bits per heavy atom. The van der Waals surface area contributed by atoms with E-state index in [0.29, 0.717) is 18.5 Å². The molecule has 1 aliphatic carbocycles. The Bertz CT molecular complexity index is 856. The lowest BCUT2D eigenvalue weighted by Crippen LogP contribution is -2.39.